The van der Waals surface area contributed by atoms with E-state index in [4.69, 9.17) is 9.26 Å². The van der Waals surface area contributed by atoms with Crippen molar-refractivity contribution in [2.75, 3.05) is 0 Å². The van der Waals surface area contributed by atoms with E-state index in [-0.39, 0.29) is 0 Å². The van der Waals surface area contributed by atoms with E-state index in [1.807, 2.05) is 61.7 Å². The Labute approximate surface area is 208 Å². The van der Waals surface area contributed by atoms with Crippen LogP contribution < -0.4 is 4.74 Å². The quantitative estimate of drug-likeness (QED) is 0.320. The van der Waals surface area contributed by atoms with Gasteiger partial charge in [-0.05, 0) is 44.4 Å². The second-order valence-electron chi connectivity index (χ2n) is 8.93. The van der Waals surface area contributed by atoms with E-state index in [2.05, 4.69) is 20.0 Å². The summed E-state index contributed by atoms with van der Waals surface area (Å²) in [6.45, 7) is 8.66. The minimum Gasteiger partial charge on any atom is -0.478 e. The number of benzene rings is 2. The molecule has 35 heavy (non-hydrogen) atoms. The summed E-state index contributed by atoms with van der Waals surface area (Å²) in [5.41, 5.74) is 2.42. The summed E-state index contributed by atoms with van der Waals surface area (Å²) >= 11 is 1.60. The van der Waals surface area contributed by atoms with Gasteiger partial charge in [0.1, 0.15) is 10.8 Å². The largest absolute Gasteiger partial charge is 0.478 e. The monoisotopic (exact) mass is 492 g/mol. The average Bonchev–Trinajstić information content (AvgIpc) is 3.49. The average molecular weight is 493 g/mol. The van der Waals surface area contributed by atoms with Gasteiger partial charge < -0.3 is 14.4 Å². The molecule has 0 atom stereocenters. The molecule has 0 aliphatic heterocycles. The molecule has 0 saturated carbocycles. The van der Waals surface area contributed by atoms with Crippen molar-refractivity contribution in [3.05, 3.63) is 81.6 Å². The number of ether oxygens (including phenoxy) is 1. The van der Waals surface area contributed by atoms with Gasteiger partial charge in [-0.2, -0.15) is 4.98 Å². The molecule has 2 aromatic carbocycles. The lowest BCUT2D eigenvalue weighted by Crippen LogP contribution is -2.38. The molecule has 9 heteroatoms. The Balaban J connectivity index is 1.55. The van der Waals surface area contributed by atoms with Crippen LogP contribution in [-0.2, 0) is 24.4 Å². The Morgan fingerprint density at radius 3 is 2.46 bits per heavy atom. The van der Waals surface area contributed by atoms with E-state index in [0.717, 1.165) is 27.3 Å². The number of hydrogen-bond acceptors (Lipinski definition) is 8. The third-order valence-electron chi connectivity index (χ3n) is 5.50. The van der Waals surface area contributed by atoms with Crippen LogP contribution >= 0.6 is 11.3 Å². The molecule has 4 aromatic rings. The summed E-state index contributed by atoms with van der Waals surface area (Å²) in [5.74, 6) is 0.669. The number of aliphatic carboxylic acids is 1. The van der Waals surface area contributed by atoms with Gasteiger partial charge in [0, 0.05) is 23.7 Å². The fourth-order valence-electron chi connectivity index (χ4n) is 3.75. The number of rotatable bonds is 10. The summed E-state index contributed by atoms with van der Waals surface area (Å²) in [4.78, 5) is 22.7. The maximum absolute atomic E-state index is 11.5. The lowest BCUT2D eigenvalue weighted by molar-refractivity contribution is -0.152. The highest BCUT2D eigenvalue weighted by Gasteiger charge is 2.30. The van der Waals surface area contributed by atoms with Gasteiger partial charge in [-0.15, -0.1) is 11.3 Å². The smallest absolute Gasteiger partial charge is 0.347 e. The number of carboxylic acid groups (broad SMARTS) is 1. The minimum atomic E-state index is -1.32. The number of aromatic nitrogens is 3. The van der Waals surface area contributed by atoms with Crippen LogP contribution in [0.3, 0.4) is 0 Å². The zero-order chi connectivity index (χ0) is 25.0. The fraction of sp³-hybridized carbons (Fsp3) is 0.308. The Morgan fingerprint density at radius 2 is 1.83 bits per heavy atom. The summed E-state index contributed by atoms with van der Waals surface area (Å²) in [6, 6.07) is 13.8. The van der Waals surface area contributed by atoms with Gasteiger partial charge in [0.25, 0.3) is 0 Å². The number of aryl methyl sites for hydroxylation is 2. The third kappa shape index (κ3) is 6.12. The molecule has 1 N–H and O–H groups in total. The number of hydrogen-bond donors (Lipinski definition) is 1. The topological polar surface area (TPSA) is 102 Å². The van der Waals surface area contributed by atoms with Crippen LogP contribution in [0.15, 0.2) is 58.6 Å². The highest BCUT2D eigenvalue weighted by molar-refractivity contribution is 7.09. The van der Waals surface area contributed by atoms with Crippen LogP contribution in [0.5, 0.6) is 5.75 Å². The summed E-state index contributed by atoms with van der Waals surface area (Å²) < 4.78 is 11.4. The van der Waals surface area contributed by atoms with E-state index in [1.54, 1.807) is 31.4 Å². The van der Waals surface area contributed by atoms with Gasteiger partial charge in [0.15, 0.2) is 5.60 Å². The Bertz CT molecular complexity index is 1260. The SMILES string of the molecule is Cc1cc(CN(Cc2nc(-c3ccccc3)no2)Cc2nccs2)cc(C)c1OC(C)(C)C(=O)O. The lowest BCUT2D eigenvalue weighted by atomic mass is 10.0. The maximum atomic E-state index is 11.5. The Morgan fingerprint density at radius 1 is 1.11 bits per heavy atom. The molecule has 2 aromatic heterocycles. The Hall–Kier alpha value is -3.56. The molecule has 0 spiro atoms. The molecule has 182 valence electrons. The fourth-order valence-corrected chi connectivity index (χ4v) is 4.41. The summed E-state index contributed by atoms with van der Waals surface area (Å²) in [7, 11) is 0. The zero-order valence-corrected chi connectivity index (χ0v) is 21.0. The van der Waals surface area contributed by atoms with Gasteiger partial charge in [-0.25, -0.2) is 9.78 Å². The number of thiazole rings is 1. The highest BCUT2D eigenvalue weighted by atomic mass is 32.1. The van der Waals surface area contributed by atoms with Crippen molar-refractivity contribution in [3.63, 3.8) is 0 Å². The first-order chi connectivity index (χ1) is 16.7. The van der Waals surface area contributed by atoms with E-state index in [0.29, 0.717) is 37.1 Å². The van der Waals surface area contributed by atoms with Crippen LogP contribution in [0.4, 0.5) is 0 Å². The normalized spacial score (nSPS) is 11.7. The third-order valence-corrected chi connectivity index (χ3v) is 6.26. The summed E-state index contributed by atoms with van der Waals surface area (Å²) in [6.07, 6.45) is 1.79. The van der Waals surface area contributed by atoms with Crippen molar-refractivity contribution in [2.24, 2.45) is 0 Å². The van der Waals surface area contributed by atoms with E-state index < -0.39 is 11.6 Å². The molecule has 0 saturated heterocycles. The standard InChI is InChI=1S/C26H28N4O4S/c1-17-12-19(13-18(2)23(17)33-26(3,4)25(31)32)14-30(16-22-27-10-11-35-22)15-21-28-24(29-34-21)20-8-6-5-7-9-20/h5-13H,14-16H2,1-4H3,(H,31,32). The van der Waals surface area contributed by atoms with Crippen LogP contribution in [0, 0.1) is 13.8 Å². The lowest BCUT2D eigenvalue weighted by Gasteiger charge is -2.25. The molecule has 0 radical (unpaired) electrons. The van der Waals surface area contributed by atoms with E-state index >= 15 is 0 Å². The van der Waals surface area contributed by atoms with Crippen molar-refractivity contribution in [3.8, 4) is 17.1 Å². The molecule has 0 aliphatic carbocycles. The number of nitrogens with zero attached hydrogens (tertiary/aromatic N) is 4. The van der Waals surface area contributed by atoms with Gasteiger partial charge >= 0.3 is 5.97 Å². The molecular weight excluding hydrogens is 464 g/mol. The molecular formula is C26H28N4O4S. The molecule has 8 nitrogen and oxygen atoms in total. The highest BCUT2D eigenvalue weighted by Crippen LogP contribution is 2.30. The van der Waals surface area contributed by atoms with Crippen molar-refractivity contribution in [2.45, 2.75) is 52.9 Å². The second kappa shape index (κ2) is 10.4. The van der Waals surface area contributed by atoms with Crippen LogP contribution in [0.1, 0.15) is 41.4 Å². The molecule has 4 rings (SSSR count). The second-order valence-corrected chi connectivity index (χ2v) is 9.90. The van der Waals surface area contributed by atoms with Gasteiger partial charge in [-0.1, -0.05) is 47.6 Å². The van der Waals surface area contributed by atoms with E-state index in [1.165, 1.54) is 0 Å². The van der Waals surface area contributed by atoms with Crippen molar-refractivity contribution in [1.29, 1.82) is 0 Å². The number of carbonyl (C=O) groups is 1. The molecule has 0 amide bonds. The first kappa shape index (κ1) is 24.6. The van der Waals surface area contributed by atoms with Crippen molar-refractivity contribution >= 4 is 17.3 Å². The Kier molecular flexibility index (Phi) is 7.28. The first-order valence-corrected chi connectivity index (χ1v) is 12.1. The molecule has 0 aliphatic rings. The predicted octanol–water partition coefficient (Wildman–Crippen LogP) is 5.25. The van der Waals surface area contributed by atoms with Gasteiger partial charge in [0.2, 0.25) is 11.7 Å². The zero-order valence-electron chi connectivity index (χ0n) is 20.2. The predicted molar refractivity (Wildman–Crippen MR) is 133 cm³/mol. The maximum Gasteiger partial charge on any atom is 0.347 e. The van der Waals surface area contributed by atoms with Crippen LogP contribution in [-0.4, -0.2) is 36.7 Å². The van der Waals surface area contributed by atoms with Crippen molar-refractivity contribution < 1.29 is 19.2 Å². The minimum absolute atomic E-state index is 0.460. The van der Waals surface area contributed by atoms with Crippen molar-refractivity contribution in [1.82, 2.24) is 20.0 Å². The first-order valence-electron chi connectivity index (χ1n) is 11.2. The molecule has 0 fully saturated rings. The van der Waals surface area contributed by atoms with E-state index in [9.17, 15) is 9.90 Å². The van der Waals surface area contributed by atoms with Crippen LogP contribution in [0.2, 0.25) is 0 Å². The van der Waals surface area contributed by atoms with Gasteiger partial charge in [0.05, 0.1) is 13.1 Å². The summed E-state index contributed by atoms with van der Waals surface area (Å²) in [5, 5.41) is 16.5. The molecule has 0 bridgehead atoms. The molecule has 2 heterocycles. The van der Waals surface area contributed by atoms with Gasteiger partial charge in [-0.3, -0.25) is 4.90 Å². The number of carboxylic acids is 1. The van der Waals surface area contributed by atoms with Crippen LogP contribution in [0.25, 0.3) is 11.4 Å². The molecule has 0 unspecified atom stereocenters.